The number of para-hydroxylation sites is 1. The predicted molar refractivity (Wildman–Crippen MR) is 130 cm³/mol. The summed E-state index contributed by atoms with van der Waals surface area (Å²) < 4.78 is 13.8. The highest BCUT2D eigenvalue weighted by Gasteiger charge is 2.32. The molecule has 3 aromatic rings. The van der Waals surface area contributed by atoms with Gasteiger partial charge in [-0.1, -0.05) is 42.0 Å². The van der Waals surface area contributed by atoms with Crippen LogP contribution in [0.4, 0.5) is 0 Å². The SMILES string of the molecule is C=CCOC[C@@H](O)CN(Cc1c(C)nn(-c2ccccc2)c1Oc1ccc(C)cc1)C1CC1. The fourth-order valence-electron chi connectivity index (χ4n) is 3.88. The van der Waals surface area contributed by atoms with E-state index in [4.69, 9.17) is 14.6 Å². The van der Waals surface area contributed by atoms with Gasteiger partial charge in [-0.3, -0.25) is 4.90 Å². The van der Waals surface area contributed by atoms with Crippen molar-refractivity contribution in [3.8, 4) is 17.3 Å². The van der Waals surface area contributed by atoms with Crippen molar-refractivity contribution >= 4 is 0 Å². The molecule has 4 rings (SSSR count). The molecule has 2 aromatic carbocycles. The van der Waals surface area contributed by atoms with Gasteiger partial charge in [-0.15, -0.1) is 6.58 Å². The van der Waals surface area contributed by atoms with Crippen LogP contribution in [0.1, 0.15) is 29.7 Å². The summed E-state index contributed by atoms with van der Waals surface area (Å²) in [6.45, 7) is 9.68. The molecule has 1 atom stereocenters. The van der Waals surface area contributed by atoms with Crippen LogP contribution >= 0.6 is 0 Å². The van der Waals surface area contributed by atoms with E-state index in [1.807, 2.05) is 66.2 Å². The van der Waals surface area contributed by atoms with Crippen LogP contribution in [-0.4, -0.2) is 51.7 Å². The number of ether oxygens (including phenoxy) is 2. The first-order chi connectivity index (χ1) is 16.0. The molecule has 0 radical (unpaired) electrons. The topological polar surface area (TPSA) is 59.8 Å². The summed E-state index contributed by atoms with van der Waals surface area (Å²) in [6.07, 6.45) is 3.42. The first kappa shape index (κ1) is 23.2. The molecule has 1 aromatic heterocycles. The molecule has 1 N–H and O–H groups in total. The lowest BCUT2D eigenvalue weighted by Crippen LogP contribution is -2.36. The number of hydrogen-bond donors (Lipinski definition) is 1. The monoisotopic (exact) mass is 447 g/mol. The Morgan fingerprint density at radius 1 is 1.15 bits per heavy atom. The van der Waals surface area contributed by atoms with Crippen LogP contribution in [0.2, 0.25) is 0 Å². The third-order valence-corrected chi connectivity index (χ3v) is 5.79. The Balaban J connectivity index is 1.62. The average molecular weight is 448 g/mol. The number of aliphatic hydroxyl groups is 1. The fraction of sp³-hybridized carbons (Fsp3) is 0.370. The summed E-state index contributed by atoms with van der Waals surface area (Å²) in [5, 5.41) is 15.4. The van der Waals surface area contributed by atoms with Gasteiger partial charge < -0.3 is 14.6 Å². The van der Waals surface area contributed by atoms with Gasteiger partial charge in [0.25, 0.3) is 0 Å². The van der Waals surface area contributed by atoms with Crippen molar-refractivity contribution in [2.24, 2.45) is 0 Å². The van der Waals surface area contributed by atoms with E-state index < -0.39 is 6.10 Å². The molecule has 6 nitrogen and oxygen atoms in total. The molecule has 1 fully saturated rings. The van der Waals surface area contributed by atoms with E-state index in [2.05, 4.69) is 18.4 Å². The highest BCUT2D eigenvalue weighted by atomic mass is 16.5. The summed E-state index contributed by atoms with van der Waals surface area (Å²) in [7, 11) is 0. The largest absolute Gasteiger partial charge is 0.439 e. The first-order valence-corrected chi connectivity index (χ1v) is 11.5. The van der Waals surface area contributed by atoms with Gasteiger partial charge in [0.05, 0.1) is 36.3 Å². The van der Waals surface area contributed by atoms with Crippen molar-refractivity contribution in [3.05, 3.63) is 84.1 Å². The van der Waals surface area contributed by atoms with Gasteiger partial charge in [-0.05, 0) is 51.0 Å². The molecule has 1 aliphatic carbocycles. The van der Waals surface area contributed by atoms with E-state index in [9.17, 15) is 5.11 Å². The minimum Gasteiger partial charge on any atom is -0.439 e. The zero-order chi connectivity index (χ0) is 23.2. The Kier molecular flexibility index (Phi) is 7.60. The van der Waals surface area contributed by atoms with Gasteiger partial charge in [-0.2, -0.15) is 5.10 Å². The molecule has 33 heavy (non-hydrogen) atoms. The van der Waals surface area contributed by atoms with Gasteiger partial charge in [0.15, 0.2) is 0 Å². The number of aromatic nitrogens is 2. The highest BCUT2D eigenvalue weighted by molar-refractivity contribution is 5.43. The number of hydrogen-bond acceptors (Lipinski definition) is 5. The summed E-state index contributed by atoms with van der Waals surface area (Å²) in [6, 6.07) is 18.6. The zero-order valence-corrected chi connectivity index (χ0v) is 19.5. The summed E-state index contributed by atoms with van der Waals surface area (Å²) in [5.41, 5.74) is 4.09. The fourth-order valence-corrected chi connectivity index (χ4v) is 3.88. The second kappa shape index (κ2) is 10.8. The second-order valence-electron chi connectivity index (χ2n) is 8.67. The molecule has 0 unspecified atom stereocenters. The van der Waals surface area contributed by atoms with Crippen molar-refractivity contribution in [3.63, 3.8) is 0 Å². The zero-order valence-electron chi connectivity index (χ0n) is 19.5. The lowest BCUT2D eigenvalue weighted by Gasteiger charge is -2.25. The van der Waals surface area contributed by atoms with E-state index >= 15 is 0 Å². The number of aliphatic hydroxyl groups excluding tert-OH is 1. The molecule has 1 heterocycles. The molecule has 1 aliphatic rings. The molecular formula is C27H33N3O3. The maximum absolute atomic E-state index is 10.5. The molecular weight excluding hydrogens is 414 g/mol. The quantitative estimate of drug-likeness (QED) is 0.319. The first-order valence-electron chi connectivity index (χ1n) is 11.5. The number of nitrogens with zero attached hydrogens (tertiary/aromatic N) is 3. The Hall–Kier alpha value is -2.93. The van der Waals surface area contributed by atoms with E-state index in [1.54, 1.807) is 6.08 Å². The third-order valence-electron chi connectivity index (χ3n) is 5.79. The highest BCUT2D eigenvalue weighted by Crippen LogP contribution is 2.35. The van der Waals surface area contributed by atoms with Crippen LogP contribution in [0.3, 0.4) is 0 Å². The van der Waals surface area contributed by atoms with Crippen molar-refractivity contribution in [2.45, 2.75) is 45.4 Å². The molecule has 0 aliphatic heterocycles. The summed E-state index contributed by atoms with van der Waals surface area (Å²) >= 11 is 0. The van der Waals surface area contributed by atoms with Crippen LogP contribution in [0.25, 0.3) is 5.69 Å². The minimum absolute atomic E-state index is 0.296. The van der Waals surface area contributed by atoms with Crippen molar-refractivity contribution in [1.82, 2.24) is 14.7 Å². The Morgan fingerprint density at radius 2 is 1.88 bits per heavy atom. The number of aryl methyl sites for hydroxylation is 2. The van der Waals surface area contributed by atoms with E-state index in [-0.39, 0.29) is 0 Å². The molecule has 174 valence electrons. The van der Waals surface area contributed by atoms with Crippen LogP contribution in [0.15, 0.2) is 67.3 Å². The smallest absolute Gasteiger partial charge is 0.227 e. The minimum atomic E-state index is -0.559. The lowest BCUT2D eigenvalue weighted by atomic mass is 10.2. The second-order valence-corrected chi connectivity index (χ2v) is 8.67. The molecule has 0 spiro atoms. The maximum Gasteiger partial charge on any atom is 0.227 e. The average Bonchev–Trinajstić information content (AvgIpc) is 3.62. The van der Waals surface area contributed by atoms with E-state index in [1.165, 1.54) is 5.56 Å². The Morgan fingerprint density at radius 3 is 2.55 bits per heavy atom. The van der Waals surface area contributed by atoms with Gasteiger partial charge in [0.2, 0.25) is 5.88 Å². The van der Waals surface area contributed by atoms with Gasteiger partial charge in [-0.25, -0.2) is 4.68 Å². The molecule has 0 saturated heterocycles. The molecule has 0 amide bonds. The Labute approximate surface area is 196 Å². The van der Waals surface area contributed by atoms with Crippen molar-refractivity contribution in [2.75, 3.05) is 19.8 Å². The lowest BCUT2D eigenvalue weighted by molar-refractivity contribution is 0.0226. The van der Waals surface area contributed by atoms with Crippen LogP contribution < -0.4 is 4.74 Å². The van der Waals surface area contributed by atoms with Gasteiger partial charge in [0.1, 0.15) is 5.75 Å². The van der Waals surface area contributed by atoms with Crippen molar-refractivity contribution in [1.29, 1.82) is 0 Å². The molecule has 1 saturated carbocycles. The molecule has 6 heteroatoms. The number of benzene rings is 2. The molecule has 0 bridgehead atoms. The normalized spacial score (nSPS) is 14.4. The Bertz CT molecular complexity index is 1040. The maximum atomic E-state index is 10.5. The van der Waals surface area contributed by atoms with E-state index in [0.29, 0.717) is 38.2 Å². The third kappa shape index (κ3) is 6.11. The summed E-state index contributed by atoms with van der Waals surface area (Å²) in [4.78, 5) is 2.32. The van der Waals surface area contributed by atoms with E-state index in [0.717, 1.165) is 35.5 Å². The van der Waals surface area contributed by atoms with Gasteiger partial charge >= 0.3 is 0 Å². The van der Waals surface area contributed by atoms with Crippen molar-refractivity contribution < 1.29 is 14.6 Å². The predicted octanol–water partition coefficient (Wildman–Crippen LogP) is 4.81. The van der Waals surface area contributed by atoms with Crippen LogP contribution in [0, 0.1) is 13.8 Å². The standard InChI is InChI=1S/C27H33N3O3/c1-4-16-32-19-24(31)17-29(22-12-13-22)18-26-21(3)28-30(23-8-6-5-7-9-23)27(26)33-25-14-10-20(2)11-15-25/h4-11,14-15,22,24,31H,1,12-13,16-19H2,2-3H3/t24-/m0/s1. The van der Waals surface area contributed by atoms with Crippen LogP contribution in [-0.2, 0) is 11.3 Å². The van der Waals surface area contributed by atoms with Crippen LogP contribution in [0.5, 0.6) is 11.6 Å². The number of rotatable bonds is 12. The summed E-state index contributed by atoms with van der Waals surface area (Å²) in [5.74, 6) is 1.49. The van der Waals surface area contributed by atoms with Gasteiger partial charge in [0, 0.05) is 19.1 Å².